The normalized spacial score (nSPS) is 40.8. The van der Waals surface area contributed by atoms with Crippen LogP contribution in [0, 0.1) is 28.6 Å². The van der Waals surface area contributed by atoms with Crippen LogP contribution in [0.2, 0.25) is 0 Å². The first-order valence-corrected chi connectivity index (χ1v) is 10.0. The molecule has 0 aromatic rings. The summed E-state index contributed by atoms with van der Waals surface area (Å²) in [6, 6.07) is 0. The minimum atomic E-state index is -0.615. The van der Waals surface area contributed by atoms with Crippen molar-refractivity contribution in [2.45, 2.75) is 72.8 Å². The summed E-state index contributed by atoms with van der Waals surface area (Å²) in [6.07, 6.45) is 9.76. The molecule has 0 aliphatic heterocycles. The Morgan fingerprint density at radius 1 is 1.36 bits per heavy atom. The molecule has 0 saturated heterocycles. The number of fused-ring (bicyclic) bond motifs is 3. The lowest BCUT2D eigenvalue weighted by Crippen LogP contribution is -2.53. The first-order valence-electron chi connectivity index (χ1n) is 10.0. The molecule has 0 aromatic carbocycles. The molecule has 1 fully saturated rings. The zero-order valence-electron chi connectivity index (χ0n) is 16.5. The molecular weight excluding hydrogens is 312 g/mol. The predicted molar refractivity (Wildman–Crippen MR) is 100 cm³/mol. The summed E-state index contributed by atoms with van der Waals surface area (Å²) in [5.41, 5.74) is 2.30. The van der Waals surface area contributed by atoms with Crippen LogP contribution in [-0.4, -0.2) is 23.8 Å². The van der Waals surface area contributed by atoms with Crippen molar-refractivity contribution in [3.63, 3.8) is 0 Å². The number of ether oxygens (including phenoxy) is 1. The van der Waals surface area contributed by atoms with Crippen LogP contribution < -0.4 is 0 Å². The highest BCUT2D eigenvalue weighted by Gasteiger charge is 2.57. The molecular formula is C22H34O3. The number of carboxylic acid groups (broad SMARTS) is 1. The zero-order chi connectivity index (χ0) is 18.4. The van der Waals surface area contributed by atoms with E-state index in [-0.39, 0.29) is 17.4 Å². The van der Waals surface area contributed by atoms with Crippen LogP contribution in [0.5, 0.6) is 0 Å². The standard InChI is InChI=1S/C22H34O3/c1-6-25-18-13-17-15(12-16(18)14(2)3)8-9-19-21(17,4)10-7-11-22(19,5)20(23)24/h8,12,14,17-19H,6-7,9-11,13H2,1-5H3,(H,23,24)/t17-,18?,19+,21?,22?/m0/s1. The number of allylic oxidation sites excluding steroid dienone is 3. The Balaban J connectivity index is 2.02. The monoisotopic (exact) mass is 346 g/mol. The van der Waals surface area contributed by atoms with Gasteiger partial charge in [-0.05, 0) is 73.8 Å². The molecule has 3 heteroatoms. The van der Waals surface area contributed by atoms with Gasteiger partial charge in [0.25, 0.3) is 0 Å². The number of rotatable bonds is 4. The van der Waals surface area contributed by atoms with Gasteiger partial charge in [-0.3, -0.25) is 4.79 Å². The Bertz CT molecular complexity index is 602. The number of hydrogen-bond acceptors (Lipinski definition) is 2. The second kappa shape index (κ2) is 6.57. The summed E-state index contributed by atoms with van der Waals surface area (Å²) < 4.78 is 6.12. The Morgan fingerprint density at radius 3 is 2.68 bits per heavy atom. The van der Waals surface area contributed by atoms with E-state index in [1.807, 2.05) is 6.92 Å². The van der Waals surface area contributed by atoms with Crippen LogP contribution >= 0.6 is 0 Å². The van der Waals surface area contributed by atoms with Crippen molar-refractivity contribution in [3.05, 3.63) is 23.3 Å². The number of carboxylic acids is 1. The van der Waals surface area contributed by atoms with Crippen LogP contribution in [0.15, 0.2) is 23.3 Å². The number of hydrogen-bond donors (Lipinski definition) is 1. The molecule has 3 aliphatic carbocycles. The molecule has 140 valence electrons. The summed E-state index contributed by atoms with van der Waals surface area (Å²) in [5.74, 6) is 0.510. The average Bonchev–Trinajstić information content (AvgIpc) is 2.54. The molecule has 0 bridgehead atoms. The second-order valence-electron chi connectivity index (χ2n) is 9.11. The molecule has 3 aliphatic rings. The van der Waals surface area contributed by atoms with Gasteiger partial charge in [0.2, 0.25) is 0 Å². The van der Waals surface area contributed by atoms with E-state index in [1.165, 1.54) is 11.1 Å². The van der Waals surface area contributed by atoms with E-state index < -0.39 is 11.4 Å². The van der Waals surface area contributed by atoms with Crippen LogP contribution in [0.1, 0.15) is 66.7 Å². The Kier molecular flexibility index (Phi) is 4.91. The van der Waals surface area contributed by atoms with E-state index in [9.17, 15) is 9.90 Å². The predicted octanol–water partition coefficient (Wildman–Crippen LogP) is 5.22. The lowest BCUT2D eigenvalue weighted by Gasteiger charge is -2.57. The van der Waals surface area contributed by atoms with Gasteiger partial charge in [0.1, 0.15) is 0 Å². The van der Waals surface area contributed by atoms with Gasteiger partial charge in [-0.2, -0.15) is 0 Å². The summed E-state index contributed by atoms with van der Waals surface area (Å²) in [4.78, 5) is 12.1. The molecule has 3 nitrogen and oxygen atoms in total. The van der Waals surface area contributed by atoms with Gasteiger partial charge >= 0.3 is 5.97 Å². The highest BCUT2D eigenvalue weighted by Crippen LogP contribution is 2.62. The minimum absolute atomic E-state index is 0.0594. The highest BCUT2D eigenvalue weighted by atomic mass is 16.5. The van der Waals surface area contributed by atoms with E-state index in [1.54, 1.807) is 0 Å². The van der Waals surface area contributed by atoms with Gasteiger partial charge in [0.05, 0.1) is 11.5 Å². The Hall–Kier alpha value is -1.09. The molecule has 1 saturated carbocycles. The quantitative estimate of drug-likeness (QED) is 0.759. The maximum atomic E-state index is 12.1. The summed E-state index contributed by atoms with van der Waals surface area (Å²) in [6.45, 7) is 11.6. The first-order chi connectivity index (χ1) is 11.7. The van der Waals surface area contributed by atoms with Gasteiger partial charge in [-0.1, -0.05) is 39.3 Å². The molecule has 3 rings (SSSR count). The topological polar surface area (TPSA) is 46.5 Å². The van der Waals surface area contributed by atoms with Gasteiger partial charge in [0, 0.05) is 6.61 Å². The lowest BCUT2D eigenvalue weighted by molar-refractivity contribution is -0.163. The molecule has 0 radical (unpaired) electrons. The molecule has 5 atom stereocenters. The van der Waals surface area contributed by atoms with Crippen molar-refractivity contribution in [2.24, 2.45) is 28.6 Å². The molecule has 0 amide bonds. The second-order valence-corrected chi connectivity index (χ2v) is 9.11. The van der Waals surface area contributed by atoms with E-state index >= 15 is 0 Å². The summed E-state index contributed by atoms with van der Waals surface area (Å²) in [5, 5.41) is 9.94. The summed E-state index contributed by atoms with van der Waals surface area (Å²) in [7, 11) is 0. The largest absolute Gasteiger partial charge is 0.481 e. The zero-order valence-corrected chi connectivity index (χ0v) is 16.5. The Labute approximate surface area is 152 Å². The Morgan fingerprint density at radius 2 is 2.08 bits per heavy atom. The fourth-order valence-corrected chi connectivity index (χ4v) is 6.00. The average molecular weight is 347 g/mol. The van der Waals surface area contributed by atoms with Crippen LogP contribution in [0.3, 0.4) is 0 Å². The smallest absolute Gasteiger partial charge is 0.309 e. The van der Waals surface area contributed by atoms with E-state index in [4.69, 9.17) is 4.74 Å². The lowest BCUT2D eigenvalue weighted by atomic mass is 9.46. The molecule has 0 aromatic heterocycles. The van der Waals surface area contributed by atoms with Crippen molar-refractivity contribution >= 4 is 5.97 Å². The number of carbonyl (C=O) groups is 1. The van der Waals surface area contributed by atoms with E-state index in [0.29, 0.717) is 11.8 Å². The highest BCUT2D eigenvalue weighted by molar-refractivity contribution is 5.75. The van der Waals surface area contributed by atoms with Crippen molar-refractivity contribution in [2.75, 3.05) is 6.61 Å². The third kappa shape index (κ3) is 2.89. The number of aliphatic carboxylic acids is 1. The third-order valence-electron chi connectivity index (χ3n) is 7.44. The molecule has 1 N–H and O–H groups in total. The minimum Gasteiger partial charge on any atom is -0.481 e. The maximum Gasteiger partial charge on any atom is 0.309 e. The molecule has 3 unspecified atom stereocenters. The van der Waals surface area contributed by atoms with Crippen molar-refractivity contribution < 1.29 is 14.6 Å². The molecule has 25 heavy (non-hydrogen) atoms. The molecule has 0 heterocycles. The fourth-order valence-electron chi connectivity index (χ4n) is 6.00. The third-order valence-corrected chi connectivity index (χ3v) is 7.44. The SMILES string of the molecule is CCOC1C[C@H]2C(=CC[C@H]3C(C)(C(=O)O)CCCC23C)C=C1C(C)C. The molecule has 0 spiro atoms. The van der Waals surface area contributed by atoms with Gasteiger partial charge in [-0.25, -0.2) is 0 Å². The fraction of sp³-hybridized carbons (Fsp3) is 0.773. The van der Waals surface area contributed by atoms with Gasteiger partial charge in [0.15, 0.2) is 0 Å². The van der Waals surface area contributed by atoms with Crippen LogP contribution in [0.4, 0.5) is 0 Å². The van der Waals surface area contributed by atoms with Crippen molar-refractivity contribution in [1.82, 2.24) is 0 Å². The summed E-state index contributed by atoms with van der Waals surface area (Å²) >= 11 is 0. The van der Waals surface area contributed by atoms with Crippen LogP contribution in [-0.2, 0) is 9.53 Å². The van der Waals surface area contributed by atoms with Crippen molar-refractivity contribution in [1.29, 1.82) is 0 Å². The first kappa shape index (κ1) is 18.7. The van der Waals surface area contributed by atoms with E-state index in [2.05, 4.69) is 39.8 Å². The van der Waals surface area contributed by atoms with Gasteiger partial charge in [-0.15, -0.1) is 0 Å². The van der Waals surface area contributed by atoms with E-state index in [0.717, 1.165) is 38.7 Å². The van der Waals surface area contributed by atoms with Crippen LogP contribution in [0.25, 0.3) is 0 Å². The maximum absolute atomic E-state index is 12.1. The van der Waals surface area contributed by atoms with Gasteiger partial charge < -0.3 is 9.84 Å². The van der Waals surface area contributed by atoms with Crippen molar-refractivity contribution in [3.8, 4) is 0 Å².